The first-order chi connectivity index (χ1) is 8.70. The summed E-state index contributed by atoms with van der Waals surface area (Å²) in [7, 11) is 1.62. The van der Waals surface area contributed by atoms with Crippen LogP contribution >= 0.6 is 0 Å². The van der Waals surface area contributed by atoms with E-state index >= 15 is 0 Å². The number of amides is 1. The zero-order valence-electron chi connectivity index (χ0n) is 9.74. The van der Waals surface area contributed by atoms with Crippen LogP contribution in [-0.2, 0) is 6.54 Å². The Kier molecular flexibility index (Phi) is 3.57. The van der Waals surface area contributed by atoms with Crippen molar-refractivity contribution in [3.8, 4) is 0 Å². The summed E-state index contributed by atoms with van der Waals surface area (Å²) >= 11 is 0. The van der Waals surface area contributed by atoms with Crippen molar-refractivity contribution in [2.24, 2.45) is 0 Å². The first-order valence-electron chi connectivity index (χ1n) is 5.33. The molecule has 2 rings (SSSR count). The lowest BCUT2D eigenvalue weighted by Gasteiger charge is -2.08. The molecule has 0 aliphatic heterocycles. The number of hydrogen-bond donors (Lipinski definition) is 2. The van der Waals surface area contributed by atoms with Gasteiger partial charge in [-0.1, -0.05) is 0 Å². The van der Waals surface area contributed by atoms with Gasteiger partial charge in [-0.15, -0.1) is 0 Å². The Morgan fingerprint density at radius 2 is 2.39 bits per heavy atom. The van der Waals surface area contributed by atoms with Crippen LogP contribution in [0.2, 0.25) is 0 Å². The predicted molar refractivity (Wildman–Crippen MR) is 63.6 cm³/mol. The van der Waals surface area contributed by atoms with Crippen LogP contribution in [0, 0.1) is 5.82 Å². The summed E-state index contributed by atoms with van der Waals surface area (Å²) in [5.41, 5.74) is 1.000. The van der Waals surface area contributed by atoms with Crippen LogP contribution in [0.25, 0.3) is 0 Å². The number of halogens is 1. The molecule has 5 nitrogen and oxygen atoms in total. The van der Waals surface area contributed by atoms with E-state index in [4.69, 9.17) is 4.42 Å². The van der Waals surface area contributed by atoms with Crippen molar-refractivity contribution >= 4 is 11.7 Å². The smallest absolute Gasteiger partial charge is 0.255 e. The number of hydrogen-bond acceptors (Lipinski definition) is 4. The molecule has 2 aromatic rings. The minimum atomic E-state index is -0.553. The van der Waals surface area contributed by atoms with Crippen LogP contribution in [0.15, 0.2) is 35.3 Å². The molecule has 0 aliphatic carbocycles. The second-order valence-electron chi connectivity index (χ2n) is 3.61. The zero-order valence-corrected chi connectivity index (χ0v) is 9.74. The monoisotopic (exact) mass is 249 g/mol. The summed E-state index contributed by atoms with van der Waals surface area (Å²) in [6, 6.07) is 2.88. The first kappa shape index (κ1) is 12.1. The van der Waals surface area contributed by atoms with Gasteiger partial charge in [0.1, 0.15) is 11.6 Å². The van der Waals surface area contributed by atoms with Crippen molar-refractivity contribution in [3.05, 3.63) is 47.8 Å². The number of anilines is 1. The summed E-state index contributed by atoms with van der Waals surface area (Å²) < 4.78 is 18.0. The number of nitrogens with zero attached hydrogens (tertiary/aromatic N) is 1. The first-order valence-corrected chi connectivity index (χ1v) is 5.33. The highest BCUT2D eigenvalue weighted by molar-refractivity contribution is 5.98. The molecule has 0 saturated heterocycles. The van der Waals surface area contributed by atoms with Gasteiger partial charge in [-0.05, 0) is 12.1 Å². The number of carbonyl (C=O) groups is 1. The van der Waals surface area contributed by atoms with Crippen LogP contribution < -0.4 is 10.6 Å². The minimum absolute atomic E-state index is 0.168. The van der Waals surface area contributed by atoms with E-state index in [0.29, 0.717) is 12.4 Å². The number of pyridine rings is 1. The van der Waals surface area contributed by atoms with Gasteiger partial charge in [-0.25, -0.2) is 9.37 Å². The average molecular weight is 249 g/mol. The second-order valence-corrected chi connectivity index (χ2v) is 3.61. The molecule has 6 heteroatoms. The molecule has 0 bridgehead atoms. The molecule has 0 aliphatic rings. The van der Waals surface area contributed by atoms with E-state index in [2.05, 4.69) is 15.6 Å². The van der Waals surface area contributed by atoms with Gasteiger partial charge in [-0.2, -0.15) is 0 Å². The van der Waals surface area contributed by atoms with Crippen molar-refractivity contribution in [1.82, 2.24) is 10.3 Å². The summed E-state index contributed by atoms with van der Waals surface area (Å²) in [6.45, 7) is 0.314. The molecule has 2 aromatic heterocycles. The second kappa shape index (κ2) is 5.31. The third-order valence-corrected chi connectivity index (χ3v) is 2.37. The lowest BCUT2D eigenvalue weighted by Crippen LogP contribution is -2.24. The summed E-state index contributed by atoms with van der Waals surface area (Å²) in [5, 5.41) is 5.40. The highest BCUT2D eigenvalue weighted by atomic mass is 19.1. The molecule has 2 N–H and O–H groups in total. The fourth-order valence-corrected chi connectivity index (χ4v) is 1.48. The molecule has 2 heterocycles. The van der Waals surface area contributed by atoms with Crippen molar-refractivity contribution in [2.45, 2.75) is 6.54 Å². The van der Waals surface area contributed by atoms with Crippen LogP contribution in [0.5, 0.6) is 0 Å². The van der Waals surface area contributed by atoms with Crippen LogP contribution in [-0.4, -0.2) is 17.9 Å². The lowest BCUT2D eigenvalue weighted by atomic mass is 10.2. The molecule has 0 unspecified atom stereocenters. The Hall–Kier alpha value is -2.37. The van der Waals surface area contributed by atoms with Gasteiger partial charge >= 0.3 is 0 Å². The molecule has 18 heavy (non-hydrogen) atoms. The summed E-state index contributed by atoms with van der Waals surface area (Å²) in [5.74, 6) is -0.615. The number of carbonyl (C=O) groups excluding carboxylic acids is 1. The molecule has 0 saturated carbocycles. The van der Waals surface area contributed by atoms with Gasteiger partial charge in [0.2, 0.25) is 0 Å². The van der Waals surface area contributed by atoms with Crippen molar-refractivity contribution in [1.29, 1.82) is 0 Å². The number of aromatic nitrogens is 1. The zero-order chi connectivity index (χ0) is 13.0. The Labute approximate surface area is 103 Å². The fourth-order valence-electron chi connectivity index (χ4n) is 1.48. The van der Waals surface area contributed by atoms with Crippen molar-refractivity contribution < 1.29 is 13.6 Å². The van der Waals surface area contributed by atoms with E-state index in [0.717, 1.165) is 17.8 Å². The fraction of sp³-hybridized carbons (Fsp3) is 0.167. The van der Waals surface area contributed by atoms with E-state index in [1.807, 2.05) is 0 Å². The average Bonchev–Trinajstić information content (AvgIpc) is 2.89. The third-order valence-electron chi connectivity index (χ3n) is 2.37. The van der Waals surface area contributed by atoms with Gasteiger partial charge in [-0.3, -0.25) is 4.79 Å². The Balaban J connectivity index is 2.10. The molecule has 0 spiro atoms. The van der Waals surface area contributed by atoms with E-state index in [9.17, 15) is 9.18 Å². The summed E-state index contributed by atoms with van der Waals surface area (Å²) in [6.07, 6.45) is 4.10. The molecule has 0 radical (unpaired) electrons. The minimum Gasteiger partial charge on any atom is -0.472 e. The highest BCUT2D eigenvalue weighted by Crippen LogP contribution is 2.13. The molecule has 0 atom stereocenters. The standard InChI is InChI=1S/C12H12FN3O2/c1-14-11-10(4-9(13)6-15-11)12(17)16-5-8-2-3-18-7-8/h2-4,6-7H,5H2,1H3,(H,14,15)(H,16,17). The topological polar surface area (TPSA) is 67.2 Å². The van der Waals surface area contributed by atoms with E-state index in [1.165, 1.54) is 12.5 Å². The van der Waals surface area contributed by atoms with E-state index < -0.39 is 11.7 Å². The van der Waals surface area contributed by atoms with Crippen LogP contribution in [0.4, 0.5) is 10.2 Å². The van der Waals surface area contributed by atoms with Gasteiger partial charge in [0.25, 0.3) is 5.91 Å². The van der Waals surface area contributed by atoms with Crippen LogP contribution in [0.1, 0.15) is 15.9 Å². The van der Waals surface area contributed by atoms with Gasteiger partial charge in [0, 0.05) is 19.2 Å². The SMILES string of the molecule is CNc1ncc(F)cc1C(=O)NCc1ccoc1. The Bertz CT molecular complexity index is 540. The Morgan fingerprint density at radius 1 is 1.56 bits per heavy atom. The van der Waals surface area contributed by atoms with Crippen molar-refractivity contribution in [3.63, 3.8) is 0 Å². The van der Waals surface area contributed by atoms with Crippen molar-refractivity contribution in [2.75, 3.05) is 12.4 Å². The maximum atomic E-state index is 13.1. The molecular weight excluding hydrogens is 237 g/mol. The Morgan fingerprint density at radius 3 is 3.06 bits per heavy atom. The number of furan rings is 1. The third kappa shape index (κ3) is 2.65. The van der Waals surface area contributed by atoms with Gasteiger partial charge in [0.05, 0.1) is 24.3 Å². The molecule has 0 aromatic carbocycles. The quantitative estimate of drug-likeness (QED) is 0.866. The molecule has 1 amide bonds. The maximum absolute atomic E-state index is 13.1. The predicted octanol–water partition coefficient (Wildman–Crippen LogP) is 1.79. The lowest BCUT2D eigenvalue weighted by molar-refractivity contribution is 0.0951. The molecule has 0 fully saturated rings. The number of nitrogens with one attached hydrogen (secondary N) is 2. The maximum Gasteiger partial charge on any atom is 0.255 e. The normalized spacial score (nSPS) is 10.1. The van der Waals surface area contributed by atoms with E-state index in [1.54, 1.807) is 13.1 Å². The van der Waals surface area contributed by atoms with E-state index in [-0.39, 0.29) is 5.56 Å². The number of rotatable bonds is 4. The van der Waals surface area contributed by atoms with Crippen LogP contribution in [0.3, 0.4) is 0 Å². The van der Waals surface area contributed by atoms with Gasteiger partial charge in [0.15, 0.2) is 0 Å². The largest absolute Gasteiger partial charge is 0.472 e. The highest BCUT2D eigenvalue weighted by Gasteiger charge is 2.13. The summed E-state index contributed by atoms with van der Waals surface area (Å²) in [4.78, 5) is 15.7. The molecular formula is C12H12FN3O2. The van der Waals surface area contributed by atoms with Gasteiger partial charge < -0.3 is 15.1 Å². The molecule has 94 valence electrons.